The number of halogens is 1. The van der Waals surface area contributed by atoms with E-state index in [1.54, 1.807) is 19.1 Å². The fraction of sp³-hybridized carbons (Fsp3) is 0.423. The van der Waals surface area contributed by atoms with Gasteiger partial charge in [-0.1, -0.05) is 36.4 Å². The Bertz CT molecular complexity index is 928. The van der Waals surface area contributed by atoms with Crippen LogP contribution in [0.3, 0.4) is 0 Å². The lowest BCUT2D eigenvalue weighted by molar-refractivity contribution is -0.131. The number of aryl methyl sites for hydroxylation is 1. The molecule has 1 aliphatic heterocycles. The number of aliphatic hydroxyl groups excluding tert-OH is 1. The van der Waals surface area contributed by atoms with Crippen molar-refractivity contribution in [2.75, 3.05) is 19.7 Å². The molecule has 0 unspecified atom stereocenters. The number of likely N-dealkylation sites (tertiary alicyclic amines) is 1. The Morgan fingerprint density at radius 3 is 2.72 bits per heavy atom. The molecule has 2 aromatic rings. The van der Waals surface area contributed by atoms with Crippen LogP contribution in [-0.2, 0) is 16.0 Å². The van der Waals surface area contributed by atoms with Crippen LogP contribution in [0.15, 0.2) is 48.5 Å². The van der Waals surface area contributed by atoms with Gasteiger partial charge in [0.1, 0.15) is 5.82 Å². The van der Waals surface area contributed by atoms with Crippen LogP contribution in [0.4, 0.5) is 4.39 Å². The van der Waals surface area contributed by atoms with Crippen LogP contribution in [0.5, 0.6) is 0 Å². The van der Waals surface area contributed by atoms with Crippen LogP contribution < -0.4 is 0 Å². The van der Waals surface area contributed by atoms with Crippen LogP contribution in [0.2, 0.25) is 0 Å². The predicted octanol–water partition coefficient (Wildman–Crippen LogP) is 4.38. The smallest absolute Gasteiger partial charge is 0.328 e. The number of carboxylic acids is 1. The maximum atomic E-state index is 13.9. The lowest BCUT2D eigenvalue weighted by atomic mass is 10.0. The summed E-state index contributed by atoms with van der Waals surface area (Å²) < 4.78 is 19.8. The van der Waals surface area contributed by atoms with Gasteiger partial charge in [-0.05, 0) is 74.1 Å². The number of nitrogens with zero attached hydrogens (tertiary/aromatic N) is 1. The molecule has 5 nitrogen and oxygen atoms in total. The lowest BCUT2D eigenvalue weighted by Crippen LogP contribution is -2.39. The highest BCUT2D eigenvalue weighted by Gasteiger charge is 2.27. The summed E-state index contributed by atoms with van der Waals surface area (Å²) in [6.07, 6.45) is 4.75. The standard InChI is InChI=1S/C26H32FNO4/c1-18-5-6-21(15-25(18)27)14-23-4-3-13-28(23)16-24(29)17-32-19(2)22-10-7-20(8-11-22)9-12-26(30)31/h5-12,15,19,23-24,29H,3-4,13-14,16-17H2,1-2H3,(H,30,31)/t19-,23+,24-/m1/s1. The molecule has 1 saturated heterocycles. The maximum Gasteiger partial charge on any atom is 0.328 e. The van der Waals surface area contributed by atoms with Gasteiger partial charge in [0, 0.05) is 18.7 Å². The van der Waals surface area contributed by atoms with Crippen LogP contribution >= 0.6 is 0 Å². The molecule has 0 radical (unpaired) electrons. The average molecular weight is 442 g/mol. The highest BCUT2D eigenvalue weighted by Crippen LogP contribution is 2.23. The number of ether oxygens (including phenoxy) is 1. The third kappa shape index (κ3) is 6.99. The van der Waals surface area contributed by atoms with E-state index in [-0.39, 0.29) is 18.5 Å². The van der Waals surface area contributed by atoms with E-state index in [0.717, 1.165) is 48.6 Å². The lowest BCUT2D eigenvalue weighted by Gasteiger charge is -2.27. The Hall–Kier alpha value is -2.54. The highest BCUT2D eigenvalue weighted by molar-refractivity contribution is 5.85. The highest BCUT2D eigenvalue weighted by atomic mass is 19.1. The number of carboxylic acid groups (broad SMARTS) is 1. The summed E-state index contributed by atoms with van der Waals surface area (Å²) in [6.45, 7) is 5.38. The molecule has 2 aromatic carbocycles. The molecule has 1 fully saturated rings. The molecule has 0 aliphatic carbocycles. The van der Waals surface area contributed by atoms with E-state index in [9.17, 15) is 14.3 Å². The molecule has 1 aliphatic rings. The SMILES string of the molecule is Cc1ccc(C[C@@H]2CCCN2C[C@@H](O)CO[C@H](C)c2ccc(C=CC(=O)O)cc2)cc1F. The average Bonchev–Trinajstić information content (AvgIpc) is 3.19. The van der Waals surface area contributed by atoms with Crippen molar-refractivity contribution < 1.29 is 24.1 Å². The van der Waals surface area contributed by atoms with Gasteiger partial charge in [-0.25, -0.2) is 9.18 Å². The normalized spacial score (nSPS) is 18.8. The van der Waals surface area contributed by atoms with Crippen LogP contribution in [0.25, 0.3) is 6.08 Å². The van der Waals surface area contributed by atoms with Gasteiger partial charge in [0.15, 0.2) is 0 Å². The third-order valence-electron chi connectivity index (χ3n) is 6.01. The van der Waals surface area contributed by atoms with Crippen molar-refractivity contribution in [2.24, 2.45) is 0 Å². The van der Waals surface area contributed by atoms with E-state index in [2.05, 4.69) is 4.90 Å². The molecule has 6 heteroatoms. The zero-order valence-electron chi connectivity index (χ0n) is 18.7. The molecule has 0 saturated carbocycles. The zero-order valence-corrected chi connectivity index (χ0v) is 18.7. The van der Waals surface area contributed by atoms with Crippen LogP contribution in [-0.4, -0.2) is 52.9 Å². The second kappa shape index (κ2) is 11.4. The minimum Gasteiger partial charge on any atom is -0.478 e. The topological polar surface area (TPSA) is 70.0 Å². The van der Waals surface area contributed by atoms with Crippen molar-refractivity contribution in [1.82, 2.24) is 4.90 Å². The summed E-state index contributed by atoms with van der Waals surface area (Å²) in [5, 5.41) is 19.2. The van der Waals surface area contributed by atoms with E-state index in [1.807, 2.05) is 43.3 Å². The largest absolute Gasteiger partial charge is 0.478 e. The van der Waals surface area contributed by atoms with Gasteiger partial charge in [0.2, 0.25) is 0 Å². The monoisotopic (exact) mass is 441 g/mol. The summed E-state index contributed by atoms with van der Waals surface area (Å²) in [7, 11) is 0. The number of aliphatic hydroxyl groups is 1. The molecule has 0 aromatic heterocycles. The summed E-state index contributed by atoms with van der Waals surface area (Å²) in [5.41, 5.74) is 3.41. The van der Waals surface area contributed by atoms with Gasteiger partial charge in [-0.15, -0.1) is 0 Å². The van der Waals surface area contributed by atoms with Crippen molar-refractivity contribution in [1.29, 1.82) is 0 Å². The van der Waals surface area contributed by atoms with E-state index in [4.69, 9.17) is 9.84 Å². The summed E-state index contributed by atoms with van der Waals surface area (Å²) in [5.74, 6) is -1.15. The van der Waals surface area contributed by atoms with Gasteiger partial charge in [0.25, 0.3) is 0 Å². The molecule has 0 spiro atoms. The first-order valence-electron chi connectivity index (χ1n) is 11.1. The molecule has 2 N–H and O–H groups in total. The second-order valence-corrected chi connectivity index (χ2v) is 8.55. The molecular formula is C26H32FNO4. The fourth-order valence-electron chi connectivity index (χ4n) is 4.12. The molecule has 0 bridgehead atoms. The number of hydrogen-bond acceptors (Lipinski definition) is 4. The number of β-amino-alcohol motifs (C(OH)–C–C–N with tert-alkyl or cyclic N) is 1. The number of aliphatic carboxylic acids is 1. The molecule has 32 heavy (non-hydrogen) atoms. The van der Waals surface area contributed by atoms with Crippen molar-refractivity contribution >= 4 is 12.0 Å². The van der Waals surface area contributed by atoms with Crippen LogP contribution in [0.1, 0.15) is 48.1 Å². The number of hydrogen-bond donors (Lipinski definition) is 2. The molecule has 3 atom stereocenters. The van der Waals surface area contributed by atoms with E-state index in [0.29, 0.717) is 18.2 Å². The van der Waals surface area contributed by atoms with Crippen molar-refractivity contribution in [3.8, 4) is 0 Å². The van der Waals surface area contributed by atoms with Gasteiger partial charge in [-0.3, -0.25) is 4.90 Å². The van der Waals surface area contributed by atoms with Crippen molar-refractivity contribution in [3.05, 3.63) is 76.6 Å². The number of carbonyl (C=O) groups is 1. The Kier molecular flexibility index (Phi) is 8.56. The number of rotatable bonds is 10. The Morgan fingerprint density at radius 2 is 2.03 bits per heavy atom. The Labute approximate surface area is 189 Å². The Morgan fingerprint density at radius 1 is 1.28 bits per heavy atom. The fourth-order valence-corrected chi connectivity index (χ4v) is 4.12. The first kappa shape index (κ1) is 24.1. The van der Waals surface area contributed by atoms with Gasteiger partial charge >= 0.3 is 5.97 Å². The quantitative estimate of drug-likeness (QED) is 0.536. The molecule has 172 valence electrons. The Balaban J connectivity index is 1.47. The van der Waals surface area contributed by atoms with Gasteiger partial charge in [0.05, 0.1) is 18.8 Å². The minimum absolute atomic E-state index is 0.166. The van der Waals surface area contributed by atoms with E-state index in [1.165, 1.54) is 0 Å². The molecular weight excluding hydrogens is 409 g/mol. The van der Waals surface area contributed by atoms with Gasteiger partial charge in [-0.2, -0.15) is 0 Å². The first-order valence-corrected chi connectivity index (χ1v) is 11.1. The maximum absolute atomic E-state index is 13.9. The molecule has 1 heterocycles. The van der Waals surface area contributed by atoms with E-state index >= 15 is 0 Å². The third-order valence-corrected chi connectivity index (χ3v) is 6.01. The van der Waals surface area contributed by atoms with Crippen molar-refractivity contribution in [2.45, 2.75) is 51.4 Å². The zero-order chi connectivity index (χ0) is 23.1. The van der Waals surface area contributed by atoms with Crippen molar-refractivity contribution in [3.63, 3.8) is 0 Å². The van der Waals surface area contributed by atoms with Crippen LogP contribution in [0, 0.1) is 12.7 Å². The second-order valence-electron chi connectivity index (χ2n) is 8.55. The van der Waals surface area contributed by atoms with Gasteiger partial charge < -0.3 is 14.9 Å². The molecule has 0 amide bonds. The summed E-state index contributed by atoms with van der Waals surface area (Å²) in [6, 6.07) is 13.2. The predicted molar refractivity (Wildman–Crippen MR) is 123 cm³/mol. The summed E-state index contributed by atoms with van der Waals surface area (Å²) >= 11 is 0. The molecule has 3 rings (SSSR count). The summed E-state index contributed by atoms with van der Waals surface area (Å²) in [4.78, 5) is 12.9. The first-order chi connectivity index (χ1) is 15.3. The number of benzene rings is 2. The minimum atomic E-state index is -0.981. The van der Waals surface area contributed by atoms with E-state index < -0.39 is 12.1 Å².